The molecule has 0 saturated carbocycles. The van der Waals surface area contributed by atoms with Crippen LogP contribution in [0.3, 0.4) is 0 Å². The molecule has 0 aliphatic heterocycles. The maximum Gasteiger partial charge on any atom is 0.133 e. The summed E-state index contributed by atoms with van der Waals surface area (Å²) >= 11 is 7.18. The zero-order valence-corrected chi connectivity index (χ0v) is 15.0. The molecule has 4 rings (SSSR count). The van der Waals surface area contributed by atoms with E-state index < -0.39 is 0 Å². The van der Waals surface area contributed by atoms with E-state index in [0.29, 0.717) is 5.92 Å². The third-order valence-electron chi connectivity index (χ3n) is 4.27. The van der Waals surface area contributed by atoms with E-state index in [1.807, 2.05) is 12.3 Å². The van der Waals surface area contributed by atoms with E-state index in [9.17, 15) is 0 Å². The summed E-state index contributed by atoms with van der Waals surface area (Å²) in [5.74, 6) is 1.53. The van der Waals surface area contributed by atoms with Crippen LogP contribution in [-0.4, -0.2) is 11.5 Å². The molecule has 1 heterocycles. The van der Waals surface area contributed by atoms with Gasteiger partial charge in [0.1, 0.15) is 5.82 Å². The van der Waals surface area contributed by atoms with Gasteiger partial charge >= 0.3 is 0 Å². The van der Waals surface area contributed by atoms with Gasteiger partial charge < -0.3 is 5.32 Å². The number of hydrogen-bond donors (Lipinski definition) is 1. The second kappa shape index (κ2) is 5.67. The quantitative estimate of drug-likeness (QED) is 0.607. The smallest absolute Gasteiger partial charge is 0.133 e. The molecule has 1 unspecified atom stereocenters. The number of halogens is 2. The Bertz CT molecular complexity index is 861. The molecule has 1 aromatic heterocycles. The summed E-state index contributed by atoms with van der Waals surface area (Å²) in [6.07, 6.45) is 3.01. The van der Waals surface area contributed by atoms with Crippen LogP contribution in [0.1, 0.15) is 17.0 Å². The summed E-state index contributed by atoms with van der Waals surface area (Å²) in [5, 5.41) is 5.84. The number of pyridine rings is 1. The molecule has 110 valence electrons. The number of aromatic nitrogens is 1. The Labute approximate surface area is 146 Å². The molecule has 1 atom stereocenters. The molecule has 4 heteroatoms. The van der Waals surface area contributed by atoms with Crippen molar-refractivity contribution in [2.24, 2.45) is 0 Å². The fraction of sp³-hybridized carbons (Fsp3) is 0.167. The van der Waals surface area contributed by atoms with Crippen molar-refractivity contribution in [1.29, 1.82) is 0 Å². The van der Waals surface area contributed by atoms with Gasteiger partial charge in [-0.15, -0.1) is 0 Å². The van der Waals surface area contributed by atoms with Gasteiger partial charge in [0, 0.05) is 38.4 Å². The zero-order valence-electron chi connectivity index (χ0n) is 11.8. The van der Waals surface area contributed by atoms with E-state index in [-0.39, 0.29) is 0 Å². The number of anilines is 1. The average molecular weight is 418 g/mol. The molecular formula is C18H14Br2N2. The lowest BCUT2D eigenvalue weighted by molar-refractivity contribution is 0.635. The molecule has 0 radical (unpaired) electrons. The second-order valence-corrected chi connectivity index (χ2v) is 7.39. The first-order valence-electron chi connectivity index (χ1n) is 7.28. The van der Waals surface area contributed by atoms with Crippen molar-refractivity contribution in [3.63, 3.8) is 0 Å². The fourth-order valence-corrected chi connectivity index (χ4v) is 4.47. The van der Waals surface area contributed by atoms with E-state index in [2.05, 4.69) is 78.6 Å². The molecule has 0 amide bonds. The van der Waals surface area contributed by atoms with E-state index in [4.69, 9.17) is 0 Å². The lowest BCUT2D eigenvalue weighted by atomic mass is 9.77. The topological polar surface area (TPSA) is 24.9 Å². The molecule has 0 fully saturated rings. The van der Waals surface area contributed by atoms with Gasteiger partial charge in [-0.05, 0) is 35.7 Å². The van der Waals surface area contributed by atoms with Gasteiger partial charge in [0.15, 0.2) is 0 Å². The van der Waals surface area contributed by atoms with E-state index in [1.54, 1.807) is 0 Å². The third kappa shape index (κ3) is 2.44. The number of rotatable bonds is 3. The summed E-state index contributed by atoms with van der Waals surface area (Å²) in [7, 11) is 0. The monoisotopic (exact) mass is 416 g/mol. The summed E-state index contributed by atoms with van der Waals surface area (Å²) in [5.41, 5.74) is 2.95. The fourth-order valence-electron chi connectivity index (χ4n) is 3.11. The van der Waals surface area contributed by atoms with Gasteiger partial charge in [-0.2, -0.15) is 0 Å². The number of nitrogens with zero attached hydrogens (tertiary/aromatic N) is 1. The van der Waals surface area contributed by atoms with Crippen LogP contribution < -0.4 is 5.32 Å². The Balaban J connectivity index is 1.61. The summed E-state index contributed by atoms with van der Waals surface area (Å²) < 4.78 is 2.13. The van der Waals surface area contributed by atoms with Crippen LogP contribution in [0.4, 0.5) is 5.82 Å². The molecule has 0 bridgehead atoms. The highest BCUT2D eigenvalue weighted by molar-refractivity contribution is 9.11. The SMILES string of the molecule is Brc1cc(Br)c2ccnc(NCC3Cc4ccccc43)c2c1. The first kappa shape index (κ1) is 14.2. The number of nitrogens with one attached hydrogen (secondary N) is 1. The summed E-state index contributed by atoms with van der Waals surface area (Å²) in [6.45, 7) is 0.924. The van der Waals surface area contributed by atoms with Crippen LogP contribution in [0, 0.1) is 0 Å². The maximum absolute atomic E-state index is 4.52. The minimum Gasteiger partial charge on any atom is -0.369 e. The van der Waals surface area contributed by atoms with Gasteiger partial charge in [0.05, 0.1) is 0 Å². The molecule has 22 heavy (non-hydrogen) atoms. The highest BCUT2D eigenvalue weighted by Gasteiger charge is 2.25. The van der Waals surface area contributed by atoms with Crippen molar-refractivity contribution in [2.45, 2.75) is 12.3 Å². The lowest BCUT2D eigenvalue weighted by Crippen LogP contribution is -2.24. The standard InChI is InChI=1S/C18H14Br2N2/c19-13-8-16-15(17(20)9-13)5-6-21-18(16)22-10-12-7-11-3-1-2-4-14(11)12/h1-6,8-9,12H,7,10H2,(H,21,22). The number of fused-ring (bicyclic) bond motifs is 2. The van der Waals surface area contributed by atoms with Crippen molar-refractivity contribution in [3.8, 4) is 0 Å². The van der Waals surface area contributed by atoms with Crippen LogP contribution in [-0.2, 0) is 6.42 Å². The van der Waals surface area contributed by atoms with Crippen molar-refractivity contribution in [2.75, 3.05) is 11.9 Å². The molecule has 1 aliphatic carbocycles. The minimum atomic E-state index is 0.587. The van der Waals surface area contributed by atoms with Crippen molar-refractivity contribution in [3.05, 3.63) is 68.7 Å². The Morgan fingerprint density at radius 3 is 2.82 bits per heavy atom. The Kier molecular flexibility index (Phi) is 3.66. The van der Waals surface area contributed by atoms with Gasteiger partial charge in [-0.1, -0.05) is 56.1 Å². The molecule has 3 aromatic rings. The predicted octanol–water partition coefficient (Wildman–Crippen LogP) is 5.51. The van der Waals surface area contributed by atoms with Crippen molar-refractivity contribution < 1.29 is 0 Å². The highest BCUT2D eigenvalue weighted by Crippen LogP contribution is 2.36. The molecule has 1 aliphatic rings. The van der Waals surface area contributed by atoms with Crippen LogP contribution in [0.5, 0.6) is 0 Å². The average Bonchev–Trinajstić information content (AvgIpc) is 2.48. The van der Waals surface area contributed by atoms with E-state index >= 15 is 0 Å². The lowest BCUT2D eigenvalue weighted by Gasteiger charge is -2.30. The van der Waals surface area contributed by atoms with Gasteiger partial charge in [-0.25, -0.2) is 4.98 Å². The van der Waals surface area contributed by atoms with Crippen LogP contribution in [0.15, 0.2) is 57.6 Å². The first-order valence-corrected chi connectivity index (χ1v) is 8.86. The normalized spacial score (nSPS) is 16.2. The first-order chi connectivity index (χ1) is 10.7. The Morgan fingerprint density at radius 2 is 1.95 bits per heavy atom. The van der Waals surface area contributed by atoms with Crippen LogP contribution >= 0.6 is 31.9 Å². The van der Waals surface area contributed by atoms with Gasteiger partial charge in [0.2, 0.25) is 0 Å². The van der Waals surface area contributed by atoms with Crippen LogP contribution in [0.2, 0.25) is 0 Å². The second-order valence-electron chi connectivity index (χ2n) is 5.62. The third-order valence-corrected chi connectivity index (χ3v) is 5.39. The molecule has 0 saturated heterocycles. The molecule has 2 nitrogen and oxygen atoms in total. The van der Waals surface area contributed by atoms with Crippen LogP contribution in [0.25, 0.3) is 10.8 Å². The minimum absolute atomic E-state index is 0.587. The number of benzene rings is 2. The largest absolute Gasteiger partial charge is 0.369 e. The van der Waals surface area contributed by atoms with Gasteiger partial charge in [-0.3, -0.25) is 0 Å². The van der Waals surface area contributed by atoms with E-state index in [1.165, 1.54) is 16.5 Å². The van der Waals surface area contributed by atoms with E-state index in [0.717, 1.165) is 33.1 Å². The molecule has 0 spiro atoms. The predicted molar refractivity (Wildman–Crippen MR) is 98.5 cm³/mol. The molecule has 1 N–H and O–H groups in total. The maximum atomic E-state index is 4.52. The molecule has 2 aromatic carbocycles. The summed E-state index contributed by atoms with van der Waals surface area (Å²) in [4.78, 5) is 4.52. The highest BCUT2D eigenvalue weighted by atomic mass is 79.9. The van der Waals surface area contributed by atoms with Crippen molar-refractivity contribution in [1.82, 2.24) is 4.98 Å². The zero-order chi connectivity index (χ0) is 15.1. The van der Waals surface area contributed by atoms with Gasteiger partial charge in [0.25, 0.3) is 0 Å². The molecular weight excluding hydrogens is 404 g/mol. The Morgan fingerprint density at radius 1 is 1.09 bits per heavy atom. The van der Waals surface area contributed by atoms with Crippen molar-refractivity contribution >= 4 is 48.5 Å². The Hall–Kier alpha value is -1.39. The number of hydrogen-bond acceptors (Lipinski definition) is 2. The summed E-state index contributed by atoms with van der Waals surface area (Å²) in [6, 6.07) is 14.9.